The van der Waals surface area contributed by atoms with Gasteiger partial charge in [0.2, 0.25) is 0 Å². The van der Waals surface area contributed by atoms with E-state index in [9.17, 15) is 4.79 Å². The summed E-state index contributed by atoms with van der Waals surface area (Å²) in [7, 11) is 1.64. The number of aromatic carboxylic acids is 1. The maximum Gasteiger partial charge on any atom is 0.339 e. The molecular weight excluding hydrogens is 338 g/mol. The number of hydrogen-bond donors (Lipinski definition) is 2. The number of carboxylic acid groups (broad SMARTS) is 1. The molecule has 0 spiro atoms. The number of methoxy groups -OCH3 is 1. The van der Waals surface area contributed by atoms with E-state index in [1.54, 1.807) is 20.1 Å². The molecule has 1 aromatic heterocycles. The highest BCUT2D eigenvalue weighted by atomic mass is 79.9. The fourth-order valence-electron chi connectivity index (χ4n) is 2.04. The van der Waals surface area contributed by atoms with Crippen LogP contribution in [0.15, 0.2) is 33.2 Å². The number of ether oxygens (including phenoxy) is 1. The van der Waals surface area contributed by atoms with E-state index >= 15 is 0 Å². The quantitative estimate of drug-likeness (QED) is 0.826. The van der Waals surface area contributed by atoms with Crippen molar-refractivity contribution in [2.45, 2.75) is 20.1 Å². The van der Waals surface area contributed by atoms with E-state index in [2.05, 4.69) is 21.2 Å². The molecular formula is C15H16BrNO4. The highest BCUT2D eigenvalue weighted by Crippen LogP contribution is 2.26. The van der Waals surface area contributed by atoms with Crippen LogP contribution in [0, 0.1) is 6.92 Å². The minimum absolute atomic E-state index is 0.193. The molecule has 1 heterocycles. The Morgan fingerprint density at radius 2 is 2.24 bits per heavy atom. The number of furan rings is 1. The Kier molecular flexibility index (Phi) is 5.03. The molecule has 0 saturated heterocycles. The van der Waals surface area contributed by atoms with E-state index in [1.807, 2.05) is 18.2 Å². The van der Waals surface area contributed by atoms with Crippen LogP contribution in [0.1, 0.15) is 27.4 Å². The lowest BCUT2D eigenvalue weighted by Gasteiger charge is -2.12. The summed E-state index contributed by atoms with van der Waals surface area (Å²) in [6, 6.07) is 7.34. The molecule has 112 valence electrons. The first-order valence-electron chi connectivity index (χ1n) is 6.35. The molecule has 21 heavy (non-hydrogen) atoms. The lowest BCUT2D eigenvalue weighted by atomic mass is 10.2. The predicted octanol–water partition coefficient (Wildman–Crippen LogP) is 3.81. The van der Waals surface area contributed by atoms with Gasteiger partial charge in [-0.05, 0) is 25.1 Å². The Bertz CT molecular complexity index is 651. The number of carboxylic acids is 1. The zero-order valence-corrected chi connectivity index (χ0v) is 13.4. The highest BCUT2D eigenvalue weighted by Gasteiger charge is 2.14. The maximum atomic E-state index is 11.0. The molecule has 0 aliphatic carbocycles. The average molecular weight is 354 g/mol. The number of hydrogen-bond acceptors (Lipinski definition) is 4. The normalized spacial score (nSPS) is 10.6. The number of aryl methyl sites for hydroxylation is 1. The van der Waals surface area contributed by atoms with Gasteiger partial charge in [0.1, 0.15) is 17.1 Å². The van der Waals surface area contributed by atoms with Crippen molar-refractivity contribution in [1.29, 1.82) is 0 Å². The largest absolute Gasteiger partial charge is 0.478 e. The molecule has 0 aliphatic rings. The fourth-order valence-corrected chi connectivity index (χ4v) is 2.52. The van der Waals surface area contributed by atoms with Crippen molar-refractivity contribution in [2.24, 2.45) is 0 Å². The molecule has 0 fully saturated rings. The molecule has 5 nitrogen and oxygen atoms in total. The van der Waals surface area contributed by atoms with Gasteiger partial charge < -0.3 is 19.6 Å². The predicted molar refractivity (Wildman–Crippen MR) is 82.6 cm³/mol. The molecule has 0 saturated carbocycles. The van der Waals surface area contributed by atoms with Gasteiger partial charge in [-0.25, -0.2) is 4.79 Å². The van der Waals surface area contributed by atoms with Crippen molar-refractivity contribution in [3.8, 4) is 0 Å². The maximum absolute atomic E-state index is 11.0. The number of benzene rings is 1. The standard InChI is InChI=1S/C15H16BrNO4/c1-9-11(15(18)19)6-10(21-9)7-17-14-5-3-4-13(16)12(14)8-20-2/h3-6,17H,7-8H2,1-2H3,(H,18,19). The van der Waals surface area contributed by atoms with Gasteiger partial charge in [-0.15, -0.1) is 0 Å². The highest BCUT2D eigenvalue weighted by molar-refractivity contribution is 9.10. The Balaban J connectivity index is 2.15. The molecule has 0 aliphatic heterocycles. The summed E-state index contributed by atoms with van der Waals surface area (Å²) in [5.74, 6) is 0.00364. The molecule has 2 rings (SSSR count). The molecule has 1 aromatic carbocycles. The van der Waals surface area contributed by atoms with Gasteiger partial charge in [0, 0.05) is 22.8 Å². The van der Waals surface area contributed by atoms with Crippen LogP contribution in [0.5, 0.6) is 0 Å². The first kappa shape index (κ1) is 15.6. The number of carbonyl (C=O) groups is 1. The average Bonchev–Trinajstić information content (AvgIpc) is 2.81. The van der Waals surface area contributed by atoms with Gasteiger partial charge in [0.25, 0.3) is 0 Å². The zero-order chi connectivity index (χ0) is 15.4. The molecule has 2 aromatic rings. The Morgan fingerprint density at radius 1 is 1.48 bits per heavy atom. The van der Waals surface area contributed by atoms with Gasteiger partial charge >= 0.3 is 5.97 Å². The van der Waals surface area contributed by atoms with Gasteiger partial charge in [-0.3, -0.25) is 0 Å². The Hall–Kier alpha value is -1.79. The van der Waals surface area contributed by atoms with Crippen molar-refractivity contribution >= 4 is 27.6 Å². The first-order valence-corrected chi connectivity index (χ1v) is 7.15. The van der Waals surface area contributed by atoms with Crippen molar-refractivity contribution in [3.05, 3.63) is 51.4 Å². The van der Waals surface area contributed by atoms with Gasteiger partial charge in [0.05, 0.1) is 13.2 Å². The third kappa shape index (κ3) is 3.65. The zero-order valence-electron chi connectivity index (χ0n) is 11.8. The number of halogens is 1. The van der Waals surface area contributed by atoms with Gasteiger partial charge in [-0.1, -0.05) is 22.0 Å². The fraction of sp³-hybridized carbons (Fsp3) is 0.267. The second-order valence-electron chi connectivity index (χ2n) is 4.54. The molecule has 0 atom stereocenters. The summed E-state index contributed by atoms with van der Waals surface area (Å²) < 4.78 is 11.6. The van der Waals surface area contributed by atoms with Gasteiger partial charge in [0.15, 0.2) is 0 Å². The summed E-state index contributed by atoms with van der Waals surface area (Å²) >= 11 is 3.49. The smallest absolute Gasteiger partial charge is 0.339 e. The van der Waals surface area contributed by atoms with Crippen LogP contribution < -0.4 is 5.32 Å². The molecule has 0 radical (unpaired) electrons. The van der Waals surface area contributed by atoms with Crippen LogP contribution >= 0.6 is 15.9 Å². The minimum atomic E-state index is -0.981. The second-order valence-corrected chi connectivity index (χ2v) is 5.39. The third-order valence-corrected chi connectivity index (χ3v) is 3.80. The molecule has 6 heteroatoms. The van der Waals surface area contributed by atoms with E-state index in [-0.39, 0.29) is 5.56 Å². The van der Waals surface area contributed by atoms with Crippen LogP contribution in [0.4, 0.5) is 5.69 Å². The minimum Gasteiger partial charge on any atom is -0.478 e. The van der Waals surface area contributed by atoms with E-state index in [4.69, 9.17) is 14.3 Å². The van der Waals surface area contributed by atoms with E-state index in [1.165, 1.54) is 0 Å². The Labute approximate surface area is 131 Å². The van der Waals surface area contributed by atoms with Crippen LogP contribution in [0.25, 0.3) is 0 Å². The van der Waals surface area contributed by atoms with Crippen LogP contribution in [0.2, 0.25) is 0 Å². The van der Waals surface area contributed by atoms with Crippen LogP contribution in [-0.2, 0) is 17.9 Å². The monoisotopic (exact) mass is 353 g/mol. The first-order chi connectivity index (χ1) is 10.0. The van der Waals surface area contributed by atoms with Crippen molar-refractivity contribution in [2.75, 3.05) is 12.4 Å². The second kappa shape index (κ2) is 6.78. The summed E-state index contributed by atoms with van der Waals surface area (Å²) in [4.78, 5) is 11.0. The van der Waals surface area contributed by atoms with Crippen LogP contribution in [0.3, 0.4) is 0 Å². The van der Waals surface area contributed by atoms with E-state index in [0.717, 1.165) is 15.7 Å². The number of anilines is 1. The lowest BCUT2D eigenvalue weighted by Crippen LogP contribution is -2.03. The van der Waals surface area contributed by atoms with E-state index < -0.39 is 5.97 Å². The molecule has 0 amide bonds. The summed E-state index contributed by atoms with van der Waals surface area (Å²) in [5.41, 5.74) is 2.11. The number of rotatable bonds is 6. The molecule has 0 bridgehead atoms. The SMILES string of the molecule is COCc1c(Br)cccc1NCc1cc(C(=O)O)c(C)o1. The third-order valence-electron chi connectivity index (χ3n) is 3.06. The summed E-state index contributed by atoms with van der Waals surface area (Å²) in [5, 5.41) is 12.2. The van der Waals surface area contributed by atoms with Crippen molar-refractivity contribution in [1.82, 2.24) is 0 Å². The molecule has 2 N–H and O–H groups in total. The summed E-state index contributed by atoms with van der Waals surface area (Å²) in [6.07, 6.45) is 0. The van der Waals surface area contributed by atoms with E-state index in [0.29, 0.717) is 24.7 Å². The summed E-state index contributed by atoms with van der Waals surface area (Å²) in [6.45, 7) is 2.52. The topological polar surface area (TPSA) is 71.7 Å². The van der Waals surface area contributed by atoms with Gasteiger partial charge in [-0.2, -0.15) is 0 Å². The van der Waals surface area contributed by atoms with Crippen molar-refractivity contribution in [3.63, 3.8) is 0 Å². The lowest BCUT2D eigenvalue weighted by molar-refractivity contribution is 0.0695. The molecule has 0 unspecified atom stereocenters. The van der Waals surface area contributed by atoms with Crippen LogP contribution in [-0.4, -0.2) is 18.2 Å². The van der Waals surface area contributed by atoms with Crippen molar-refractivity contribution < 1.29 is 19.1 Å². The number of nitrogens with one attached hydrogen (secondary N) is 1. The Morgan fingerprint density at radius 3 is 2.86 bits per heavy atom.